The smallest absolute Gasteiger partial charge is 0.748 e. The molecule has 0 bridgehead atoms. The Labute approximate surface area is 117 Å². The second-order valence-electron chi connectivity index (χ2n) is 2.99. The van der Waals surface area contributed by atoms with Gasteiger partial charge in [-0.05, 0) is 5.56 Å². The van der Waals surface area contributed by atoms with E-state index < -0.39 is 21.8 Å². The molecule has 15 heavy (non-hydrogen) atoms. The number of rotatable bonds is 4. The molecular formula is C9H10ClNaO3S. The standard InChI is InChI=1S/C9H11ClO3S.Na/c10-6-9(7-14(11,12)13)8-4-2-1-3-5-8;/h1-5,9H,6-7H2,(H,11,12,13);/q;+1/p-1. The summed E-state index contributed by atoms with van der Waals surface area (Å²) in [6.07, 6.45) is 0. The molecular weight excluding hydrogens is 247 g/mol. The molecule has 0 aliphatic rings. The summed E-state index contributed by atoms with van der Waals surface area (Å²) < 4.78 is 31.7. The van der Waals surface area contributed by atoms with Crippen molar-refractivity contribution in [2.75, 3.05) is 11.6 Å². The van der Waals surface area contributed by atoms with Gasteiger partial charge in [0.05, 0.1) is 10.1 Å². The Morgan fingerprint density at radius 1 is 1.27 bits per heavy atom. The third-order valence-electron chi connectivity index (χ3n) is 1.86. The molecule has 1 rings (SSSR count). The topological polar surface area (TPSA) is 57.2 Å². The summed E-state index contributed by atoms with van der Waals surface area (Å²) in [5.41, 5.74) is 0.780. The van der Waals surface area contributed by atoms with Gasteiger partial charge in [0.25, 0.3) is 0 Å². The maximum atomic E-state index is 10.6. The Balaban J connectivity index is 0.00000196. The molecule has 0 saturated carbocycles. The van der Waals surface area contributed by atoms with Crippen molar-refractivity contribution in [3.8, 4) is 0 Å². The number of hydrogen-bond donors (Lipinski definition) is 0. The second-order valence-corrected chi connectivity index (χ2v) is 4.74. The van der Waals surface area contributed by atoms with Crippen molar-refractivity contribution in [2.24, 2.45) is 0 Å². The minimum Gasteiger partial charge on any atom is -0.748 e. The largest absolute Gasteiger partial charge is 1.00 e. The van der Waals surface area contributed by atoms with Crippen LogP contribution in [0.5, 0.6) is 0 Å². The summed E-state index contributed by atoms with van der Waals surface area (Å²) in [5, 5.41) is 0. The molecule has 0 saturated heterocycles. The maximum Gasteiger partial charge on any atom is 1.00 e. The molecule has 0 spiro atoms. The van der Waals surface area contributed by atoms with Gasteiger partial charge < -0.3 is 4.55 Å². The van der Waals surface area contributed by atoms with Crippen LogP contribution in [0.4, 0.5) is 0 Å². The van der Waals surface area contributed by atoms with Crippen molar-refractivity contribution in [1.29, 1.82) is 0 Å². The van der Waals surface area contributed by atoms with Crippen LogP contribution in [0.25, 0.3) is 0 Å². The molecule has 6 heteroatoms. The van der Waals surface area contributed by atoms with Crippen LogP contribution in [-0.2, 0) is 10.1 Å². The fourth-order valence-corrected chi connectivity index (χ4v) is 2.42. The Morgan fingerprint density at radius 3 is 2.20 bits per heavy atom. The number of halogens is 1. The quantitative estimate of drug-likeness (QED) is 0.377. The first kappa shape index (κ1) is 15.4. The van der Waals surface area contributed by atoms with Crippen LogP contribution >= 0.6 is 11.6 Å². The molecule has 1 unspecified atom stereocenters. The summed E-state index contributed by atoms with van der Waals surface area (Å²) in [6.45, 7) is 0. The molecule has 0 aliphatic heterocycles. The van der Waals surface area contributed by atoms with E-state index in [1.54, 1.807) is 24.3 Å². The molecule has 0 aliphatic carbocycles. The fraction of sp³-hybridized carbons (Fsp3) is 0.333. The van der Waals surface area contributed by atoms with E-state index in [1.807, 2.05) is 6.07 Å². The first-order valence-corrected chi connectivity index (χ1v) is 6.18. The minimum absolute atomic E-state index is 0. The van der Waals surface area contributed by atoms with E-state index in [9.17, 15) is 13.0 Å². The molecule has 1 atom stereocenters. The Morgan fingerprint density at radius 2 is 1.80 bits per heavy atom. The average molecular weight is 257 g/mol. The summed E-state index contributed by atoms with van der Waals surface area (Å²) in [7, 11) is -4.22. The maximum absolute atomic E-state index is 10.6. The minimum atomic E-state index is -4.22. The van der Waals surface area contributed by atoms with Crippen molar-refractivity contribution >= 4 is 21.7 Å². The van der Waals surface area contributed by atoms with E-state index >= 15 is 0 Å². The fourth-order valence-electron chi connectivity index (χ4n) is 1.20. The molecule has 0 radical (unpaired) electrons. The van der Waals surface area contributed by atoms with Crippen LogP contribution < -0.4 is 29.6 Å². The van der Waals surface area contributed by atoms with E-state index in [1.165, 1.54) is 0 Å². The zero-order chi connectivity index (χ0) is 10.6. The van der Waals surface area contributed by atoms with Gasteiger partial charge in [-0.2, -0.15) is 0 Å². The molecule has 0 aromatic heterocycles. The first-order chi connectivity index (χ1) is 6.53. The number of benzene rings is 1. The molecule has 1 aromatic rings. The average Bonchev–Trinajstić information content (AvgIpc) is 2.14. The summed E-state index contributed by atoms with van der Waals surface area (Å²) in [4.78, 5) is 0. The zero-order valence-electron chi connectivity index (χ0n) is 8.39. The monoisotopic (exact) mass is 256 g/mol. The summed E-state index contributed by atoms with van der Waals surface area (Å²) in [5.74, 6) is -0.730. The number of hydrogen-bond acceptors (Lipinski definition) is 3. The summed E-state index contributed by atoms with van der Waals surface area (Å²) >= 11 is 5.60. The van der Waals surface area contributed by atoms with Crippen LogP contribution in [0, 0.1) is 0 Å². The van der Waals surface area contributed by atoms with E-state index in [0.717, 1.165) is 5.56 Å². The van der Waals surface area contributed by atoms with Gasteiger partial charge in [0, 0.05) is 17.6 Å². The molecule has 0 fully saturated rings. The van der Waals surface area contributed by atoms with Gasteiger partial charge in [0.2, 0.25) is 0 Å². The molecule has 1 aromatic carbocycles. The van der Waals surface area contributed by atoms with E-state index in [-0.39, 0.29) is 35.4 Å². The van der Waals surface area contributed by atoms with Gasteiger partial charge in [-0.25, -0.2) is 8.42 Å². The zero-order valence-corrected chi connectivity index (χ0v) is 12.0. The first-order valence-electron chi connectivity index (χ1n) is 4.07. The number of alkyl halides is 1. The van der Waals surface area contributed by atoms with Crippen molar-refractivity contribution in [3.05, 3.63) is 35.9 Å². The van der Waals surface area contributed by atoms with Crippen molar-refractivity contribution in [1.82, 2.24) is 0 Å². The molecule has 0 heterocycles. The SMILES string of the molecule is O=S(=O)([O-])CC(CCl)c1ccccc1.[Na+]. The predicted octanol–water partition coefficient (Wildman–Crippen LogP) is -1.44. The van der Waals surface area contributed by atoms with E-state index in [2.05, 4.69) is 0 Å². The Bertz CT molecular complexity index is 380. The van der Waals surface area contributed by atoms with Crippen LogP contribution in [0.15, 0.2) is 30.3 Å². The molecule has 3 nitrogen and oxygen atoms in total. The Hall–Kier alpha value is 0.420. The Kier molecular flexibility index (Phi) is 7.08. The van der Waals surface area contributed by atoms with E-state index in [0.29, 0.717) is 0 Å². The van der Waals surface area contributed by atoms with Gasteiger partial charge in [0.1, 0.15) is 0 Å². The van der Waals surface area contributed by atoms with Gasteiger partial charge in [-0.1, -0.05) is 30.3 Å². The van der Waals surface area contributed by atoms with Gasteiger partial charge in [-0.15, -0.1) is 11.6 Å². The normalized spacial score (nSPS) is 12.9. The van der Waals surface area contributed by atoms with Crippen molar-refractivity contribution < 1.29 is 42.5 Å². The summed E-state index contributed by atoms with van der Waals surface area (Å²) in [6, 6.07) is 8.91. The predicted molar refractivity (Wildman–Crippen MR) is 54.5 cm³/mol. The molecule has 78 valence electrons. The van der Waals surface area contributed by atoms with Crippen LogP contribution in [0.2, 0.25) is 0 Å². The third kappa shape index (κ3) is 5.90. The van der Waals surface area contributed by atoms with Crippen LogP contribution in [0.3, 0.4) is 0 Å². The van der Waals surface area contributed by atoms with Gasteiger partial charge in [-0.3, -0.25) is 0 Å². The third-order valence-corrected chi connectivity index (χ3v) is 3.05. The van der Waals surface area contributed by atoms with Crippen LogP contribution in [0.1, 0.15) is 11.5 Å². The van der Waals surface area contributed by atoms with Crippen molar-refractivity contribution in [2.45, 2.75) is 5.92 Å². The van der Waals surface area contributed by atoms with Gasteiger partial charge >= 0.3 is 29.6 Å². The second kappa shape index (κ2) is 6.89. The van der Waals surface area contributed by atoms with Gasteiger partial charge in [0.15, 0.2) is 0 Å². The molecule has 0 N–H and O–H groups in total. The van der Waals surface area contributed by atoms with Crippen LogP contribution in [-0.4, -0.2) is 24.6 Å². The van der Waals surface area contributed by atoms with E-state index in [4.69, 9.17) is 11.6 Å². The van der Waals surface area contributed by atoms with Crippen molar-refractivity contribution in [3.63, 3.8) is 0 Å². The molecule has 0 amide bonds.